The van der Waals surface area contributed by atoms with Crippen LogP contribution in [0.2, 0.25) is 0 Å². The van der Waals surface area contributed by atoms with Crippen LogP contribution in [0.25, 0.3) is 16.6 Å². The molecule has 0 fully saturated rings. The second-order valence-electron chi connectivity index (χ2n) is 8.64. The number of carbonyl (C=O) groups is 2. The molecule has 4 N–H and O–H groups in total. The van der Waals surface area contributed by atoms with E-state index in [1.807, 2.05) is 39.0 Å². The van der Waals surface area contributed by atoms with Crippen LogP contribution in [-0.4, -0.2) is 50.5 Å². The number of rotatable bonds is 4. The molecule has 9 nitrogen and oxygen atoms in total. The van der Waals surface area contributed by atoms with Crippen LogP contribution in [0.5, 0.6) is 0 Å². The van der Waals surface area contributed by atoms with E-state index in [9.17, 15) is 9.59 Å². The number of nitrogens with two attached hydrogens (primary N) is 1. The van der Waals surface area contributed by atoms with Gasteiger partial charge in [0.1, 0.15) is 23.4 Å². The number of amides is 2. The lowest BCUT2D eigenvalue weighted by atomic mass is 10.1. The fourth-order valence-electron chi connectivity index (χ4n) is 3.51. The van der Waals surface area contributed by atoms with Gasteiger partial charge in [-0.15, -0.1) is 0 Å². The van der Waals surface area contributed by atoms with Gasteiger partial charge in [0, 0.05) is 30.0 Å². The number of nitrogens with one attached hydrogen (secondary N) is 2. The van der Waals surface area contributed by atoms with Crippen molar-refractivity contribution >= 4 is 40.1 Å². The van der Waals surface area contributed by atoms with Crippen molar-refractivity contribution in [3.05, 3.63) is 54.0 Å². The number of benzene rings is 1. The molecule has 1 aliphatic heterocycles. The van der Waals surface area contributed by atoms with Crippen LogP contribution < -0.4 is 11.1 Å². The predicted octanol–water partition coefficient (Wildman–Crippen LogP) is 3.82. The molecular formula is C23H26N6O3. The third kappa shape index (κ3) is 4.72. The molecule has 2 aromatic heterocycles. The summed E-state index contributed by atoms with van der Waals surface area (Å²) >= 11 is 0. The van der Waals surface area contributed by atoms with Crippen LogP contribution in [-0.2, 0) is 4.74 Å². The number of fused-ring (bicyclic) bond motifs is 1. The third-order valence-corrected chi connectivity index (χ3v) is 5.04. The molecule has 0 saturated carbocycles. The quantitative estimate of drug-likeness (QED) is 0.573. The third-order valence-electron chi connectivity index (χ3n) is 5.04. The standard InChI is InChI=1S/C23H26N6O3/c1-23(2,3)32-22(31)29-9-7-14(8-10-29)18-12-17-20(25-13-26-21(17)28-18)27-16-6-4-5-15(11-16)19(24)30/h4-7,11-13H,8-10H2,1-3H3,(H2,24,30)(H2,25,26,27,28). The molecule has 2 amide bonds. The highest BCUT2D eigenvalue weighted by atomic mass is 16.6. The summed E-state index contributed by atoms with van der Waals surface area (Å²) in [7, 11) is 0. The molecule has 1 aromatic carbocycles. The first-order valence-corrected chi connectivity index (χ1v) is 10.4. The van der Waals surface area contributed by atoms with Crippen molar-refractivity contribution in [1.29, 1.82) is 0 Å². The van der Waals surface area contributed by atoms with E-state index in [2.05, 4.69) is 20.3 Å². The largest absolute Gasteiger partial charge is 0.444 e. The van der Waals surface area contributed by atoms with Gasteiger partial charge in [0.2, 0.25) is 5.91 Å². The van der Waals surface area contributed by atoms with E-state index in [0.717, 1.165) is 16.7 Å². The van der Waals surface area contributed by atoms with E-state index >= 15 is 0 Å². The minimum atomic E-state index is -0.517. The smallest absolute Gasteiger partial charge is 0.410 e. The first-order valence-electron chi connectivity index (χ1n) is 10.4. The molecule has 3 heterocycles. The number of ether oxygens (including phenoxy) is 1. The highest BCUT2D eigenvalue weighted by molar-refractivity contribution is 5.95. The SMILES string of the molecule is CC(C)(C)OC(=O)N1CC=C(c2cc3c(Nc4cccc(C(N)=O)c4)ncnc3[nH]2)CC1. The zero-order valence-electron chi connectivity index (χ0n) is 18.3. The summed E-state index contributed by atoms with van der Waals surface area (Å²) in [5.74, 6) is 0.126. The first kappa shape index (κ1) is 21.4. The van der Waals surface area contributed by atoms with Gasteiger partial charge in [-0.1, -0.05) is 12.1 Å². The number of aromatic amines is 1. The van der Waals surface area contributed by atoms with Crippen molar-refractivity contribution in [2.45, 2.75) is 32.8 Å². The Labute approximate surface area is 185 Å². The van der Waals surface area contributed by atoms with Gasteiger partial charge in [-0.05, 0) is 57.0 Å². The van der Waals surface area contributed by atoms with E-state index in [1.54, 1.807) is 23.1 Å². The number of hydrogen-bond donors (Lipinski definition) is 3. The zero-order valence-corrected chi connectivity index (χ0v) is 18.3. The molecule has 0 unspecified atom stereocenters. The molecular weight excluding hydrogens is 408 g/mol. The Bertz CT molecular complexity index is 1210. The van der Waals surface area contributed by atoms with Crippen molar-refractivity contribution in [1.82, 2.24) is 19.9 Å². The Balaban J connectivity index is 1.54. The lowest BCUT2D eigenvalue weighted by Crippen LogP contribution is -2.39. The van der Waals surface area contributed by atoms with E-state index < -0.39 is 11.5 Å². The molecule has 3 aromatic rings. The van der Waals surface area contributed by atoms with Gasteiger partial charge in [0.25, 0.3) is 0 Å². The minimum absolute atomic E-state index is 0.306. The maximum atomic E-state index is 12.3. The molecule has 1 aliphatic rings. The molecule has 32 heavy (non-hydrogen) atoms. The average molecular weight is 435 g/mol. The predicted molar refractivity (Wildman–Crippen MR) is 123 cm³/mol. The lowest BCUT2D eigenvalue weighted by molar-refractivity contribution is 0.0270. The Morgan fingerprint density at radius 1 is 1.22 bits per heavy atom. The fraction of sp³-hybridized carbons (Fsp3) is 0.304. The number of carbonyl (C=O) groups excluding carboxylic acids is 2. The molecule has 0 saturated heterocycles. The summed E-state index contributed by atoms with van der Waals surface area (Å²) in [4.78, 5) is 37.5. The topological polar surface area (TPSA) is 126 Å². The highest BCUT2D eigenvalue weighted by Crippen LogP contribution is 2.29. The second-order valence-corrected chi connectivity index (χ2v) is 8.64. The van der Waals surface area contributed by atoms with Gasteiger partial charge < -0.3 is 25.7 Å². The number of aromatic nitrogens is 3. The van der Waals surface area contributed by atoms with Crippen molar-refractivity contribution in [2.24, 2.45) is 5.73 Å². The molecule has 0 bridgehead atoms. The molecule has 4 rings (SSSR count). The normalized spacial score (nSPS) is 14.2. The maximum absolute atomic E-state index is 12.3. The van der Waals surface area contributed by atoms with E-state index in [0.29, 0.717) is 42.2 Å². The number of hydrogen-bond acceptors (Lipinski definition) is 6. The van der Waals surface area contributed by atoms with Crippen LogP contribution in [0.4, 0.5) is 16.3 Å². The molecule has 9 heteroatoms. The van der Waals surface area contributed by atoms with Gasteiger partial charge in [-0.3, -0.25) is 4.79 Å². The Morgan fingerprint density at radius 2 is 2.03 bits per heavy atom. The average Bonchev–Trinajstić information content (AvgIpc) is 3.18. The summed E-state index contributed by atoms with van der Waals surface area (Å²) in [5.41, 5.74) is 8.70. The van der Waals surface area contributed by atoms with Gasteiger partial charge >= 0.3 is 6.09 Å². The molecule has 0 aliphatic carbocycles. The molecule has 0 atom stereocenters. The highest BCUT2D eigenvalue weighted by Gasteiger charge is 2.24. The van der Waals surface area contributed by atoms with Gasteiger partial charge in [0.05, 0.1) is 5.39 Å². The van der Waals surface area contributed by atoms with Gasteiger partial charge in [-0.2, -0.15) is 0 Å². The van der Waals surface area contributed by atoms with Gasteiger partial charge in [-0.25, -0.2) is 14.8 Å². The monoisotopic (exact) mass is 434 g/mol. The Morgan fingerprint density at radius 3 is 2.72 bits per heavy atom. The van der Waals surface area contributed by atoms with Crippen molar-refractivity contribution in [2.75, 3.05) is 18.4 Å². The minimum Gasteiger partial charge on any atom is -0.444 e. The van der Waals surface area contributed by atoms with Crippen LogP contribution in [0.15, 0.2) is 42.7 Å². The lowest BCUT2D eigenvalue weighted by Gasteiger charge is -2.29. The summed E-state index contributed by atoms with van der Waals surface area (Å²) < 4.78 is 5.46. The fourth-order valence-corrected chi connectivity index (χ4v) is 3.51. The van der Waals surface area contributed by atoms with Crippen molar-refractivity contribution in [3.63, 3.8) is 0 Å². The summed E-state index contributed by atoms with van der Waals surface area (Å²) in [6, 6.07) is 8.92. The van der Waals surface area contributed by atoms with Crippen LogP contribution in [0.1, 0.15) is 43.2 Å². The van der Waals surface area contributed by atoms with Crippen LogP contribution in [0.3, 0.4) is 0 Å². The number of anilines is 2. The van der Waals surface area contributed by atoms with Gasteiger partial charge in [0.15, 0.2) is 0 Å². The Hall–Kier alpha value is -3.88. The molecule has 0 spiro atoms. The van der Waals surface area contributed by atoms with Crippen molar-refractivity contribution < 1.29 is 14.3 Å². The summed E-state index contributed by atoms with van der Waals surface area (Å²) in [6.45, 7) is 6.63. The molecule has 166 valence electrons. The summed E-state index contributed by atoms with van der Waals surface area (Å²) in [5, 5.41) is 4.06. The summed E-state index contributed by atoms with van der Waals surface area (Å²) in [6.07, 6.45) is 3.89. The number of primary amides is 1. The van der Waals surface area contributed by atoms with Crippen LogP contribution in [0, 0.1) is 0 Å². The number of nitrogens with zero attached hydrogens (tertiary/aromatic N) is 3. The van der Waals surface area contributed by atoms with E-state index in [-0.39, 0.29) is 6.09 Å². The zero-order chi connectivity index (χ0) is 22.9. The van der Waals surface area contributed by atoms with Crippen molar-refractivity contribution in [3.8, 4) is 0 Å². The Kier molecular flexibility index (Phi) is 5.56. The van der Waals surface area contributed by atoms with E-state index in [1.165, 1.54) is 6.33 Å². The van der Waals surface area contributed by atoms with Crippen LogP contribution >= 0.6 is 0 Å². The maximum Gasteiger partial charge on any atom is 0.410 e. The second kappa shape index (κ2) is 8.33. The molecule has 0 radical (unpaired) electrons. The number of H-pyrrole nitrogens is 1. The van der Waals surface area contributed by atoms with E-state index in [4.69, 9.17) is 10.5 Å². The first-order chi connectivity index (χ1) is 15.2.